The minimum atomic E-state index is 0.139. The molecule has 0 aromatic carbocycles. The highest BCUT2D eigenvalue weighted by atomic mass is 16.5. The van der Waals surface area contributed by atoms with E-state index in [0.29, 0.717) is 0 Å². The van der Waals surface area contributed by atoms with Crippen LogP contribution in [0.25, 0.3) is 0 Å². The van der Waals surface area contributed by atoms with Gasteiger partial charge < -0.3 is 9.84 Å². The molecule has 0 atom stereocenters. The van der Waals surface area contributed by atoms with E-state index in [9.17, 15) is 0 Å². The smallest absolute Gasteiger partial charge is 0.0887 e. The SMILES string of the molecule is CO/C(C)=C/C/C=C(/C)CO. The molecule has 0 unspecified atom stereocenters. The van der Waals surface area contributed by atoms with E-state index < -0.39 is 0 Å². The zero-order valence-corrected chi connectivity index (χ0v) is 7.42. The third-order valence-corrected chi connectivity index (χ3v) is 1.44. The Morgan fingerprint density at radius 3 is 2.45 bits per heavy atom. The maximum absolute atomic E-state index is 8.64. The molecule has 0 rings (SSSR count). The van der Waals surface area contributed by atoms with Gasteiger partial charge in [0.15, 0.2) is 0 Å². The Hall–Kier alpha value is -0.760. The van der Waals surface area contributed by atoms with Crippen molar-refractivity contribution in [3.63, 3.8) is 0 Å². The van der Waals surface area contributed by atoms with Crippen LogP contribution in [0.5, 0.6) is 0 Å². The first-order chi connectivity index (χ1) is 5.20. The van der Waals surface area contributed by atoms with Crippen LogP contribution in [-0.4, -0.2) is 18.8 Å². The topological polar surface area (TPSA) is 29.5 Å². The molecule has 0 fully saturated rings. The van der Waals surface area contributed by atoms with E-state index in [0.717, 1.165) is 17.8 Å². The lowest BCUT2D eigenvalue weighted by atomic mass is 10.2. The number of methoxy groups -OCH3 is 1. The Kier molecular flexibility index (Phi) is 5.57. The molecule has 0 aliphatic rings. The van der Waals surface area contributed by atoms with Crippen molar-refractivity contribution in [3.8, 4) is 0 Å². The van der Waals surface area contributed by atoms with Gasteiger partial charge in [-0.15, -0.1) is 0 Å². The van der Waals surface area contributed by atoms with Gasteiger partial charge in [0.1, 0.15) is 0 Å². The molecule has 0 aromatic heterocycles. The molecule has 0 spiro atoms. The number of hydrogen-bond donors (Lipinski definition) is 1. The summed E-state index contributed by atoms with van der Waals surface area (Å²) in [7, 11) is 1.65. The first-order valence-corrected chi connectivity index (χ1v) is 3.68. The second kappa shape index (κ2) is 5.98. The zero-order chi connectivity index (χ0) is 8.69. The molecule has 0 bridgehead atoms. The van der Waals surface area contributed by atoms with Gasteiger partial charge in [0.05, 0.1) is 19.5 Å². The average Bonchev–Trinajstić information content (AvgIpc) is 2.04. The predicted octanol–water partition coefficient (Wildman–Crippen LogP) is 1.87. The fraction of sp³-hybridized carbons (Fsp3) is 0.556. The number of ether oxygens (including phenoxy) is 1. The summed E-state index contributed by atoms with van der Waals surface area (Å²) in [5.74, 6) is 0.909. The van der Waals surface area contributed by atoms with Gasteiger partial charge in [-0.1, -0.05) is 11.6 Å². The number of aliphatic hydroxyl groups excluding tert-OH is 1. The average molecular weight is 156 g/mol. The van der Waals surface area contributed by atoms with Gasteiger partial charge in [0, 0.05) is 0 Å². The fourth-order valence-electron chi connectivity index (χ4n) is 0.574. The summed E-state index contributed by atoms with van der Waals surface area (Å²) in [4.78, 5) is 0. The Morgan fingerprint density at radius 2 is 2.00 bits per heavy atom. The van der Waals surface area contributed by atoms with E-state index >= 15 is 0 Å². The summed E-state index contributed by atoms with van der Waals surface area (Å²) in [5, 5.41) is 8.64. The van der Waals surface area contributed by atoms with Crippen molar-refractivity contribution in [2.45, 2.75) is 20.3 Å². The highest BCUT2D eigenvalue weighted by molar-refractivity contribution is 5.03. The third-order valence-electron chi connectivity index (χ3n) is 1.44. The van der Waals surface area contributed by atoms with Gasteiger partial charge >= 0.3 is 0 Å². The normalized spacial score (nSPS) is 13.5. The first-order valence-electron chi connectivity index (χ1n) is 3.68. The monoisotopic (exact) mass is 156 g/mol. The summed E-state index contributed by atoms with van der Waals surface area (Å²) >= 11 is 0. The van der Waals surface area contributed by atoms with Crippen LogP contribution in [0.1, 0.15) is 20.3 Å². The molecule has 64 valence electrons. The van der Waals surface area contributed by atoms with Crippen LogP contribution < -0.4 is 0 Å². The van der Waals surface area contributed by atoms with Crippen molar-refractivity contribution in [1.82, 2.24) is 0 Å². The van der Waals surface area contributed by atoms with Gasteiger partial charge in [-0.25, -0.2) is 0 Å². The highest BCUT2D eigenvalue weighted by Gasteiger charge is 1.84. The molecular weight excluding hydrogens is 140 g/mol. The molecule has 0 aromatic rings. The molecule has 0 saturated carbocycles. The van der Waals surface area contributed by atoms with Gasteiger partial charge in [-0.05, 0) is 26.3 Å². The molecule has 2 nitrogen and oxygen atoms in total. The predicted molar refractivity (Wildman–Crippen MR) is 46.2 cm³/mol. The number of allylic oxidation sites excluding steroid dienone is 3. The lowest BCUT2D eigenvalue weighted by Crippen LogP contribution is -1.83. The maximum atomic E-state index is 8.64. The maximum Gasteiger partial charge on any atom is 0.0887 e. The first kappa shape index (κ1) is 10.2. The summed E-state index contributed by atoms with van der Waals surface area (Å²) < 4.78 is 4.93. The molecule has 0 aliphatic carbocycles. The van der Waals surface area contributed by atoms with Crippen molar-refractivity contribution in [2.75, 3.05) is 13.7 Å². The molecule has 0 aliphatic heterocycles. The lowest BCUT2D eigenvalue weighted by molar-refractivity contribution is 0.292. The van der Waals surface area contributed by atoms with Crippen LogP contribution >= 0.6 is 0 Å². The van der Waals surface area contributed by atoms with Gasteiger partial charge in [0.2, 0.25) is 0 Å². The van der Waals surface area contributed by atoms with Gasteiger partial charge in [-0.2, -0.15) is 0 Å². The van der Waals surface area contributed by atoms with E-state index in [2.05, 4.69) is 0 Å². The highest BCUT2D eigenvalue weighted by Crippen LogP contribution is 1.99. The van der Waals surface area contributed by atoms with E-state index in [4.69, 9.17) is 9.84 Å². The van der Waals surface area contributed by atoms with Crippen LogP contribution in [0.15, 0.2) is 23.5 Å². The molecule has 2 heteroatoms. The van der Waals surface area contributed by atoms with Crippen molar-refractivity contribution in [3.05, 3.63) is 23.5 Å². The fourth-order valence-corrected chi connectivity index (χ4v) is 0.574. The van der Waals surface area contributed by atoms with Crippen molar-refractivity contribution < 1.29 is 9.84 Å². The van der Waals surface area contributed by atoms with Crippen LogP contribution in [0, 0.1) is 0 Å². The molecule has 0 amide bonds. The third kappa shape index (κ3) is 5.67. The minimum absolute atomic E-state index is 0.139. The summed E-state index contributed by atoms with van der Waals surface area (Å²) in [5.41, 5.74) is 0.991. The van der Waals surface area contributed by atoms with Crippen molar-refractivity contribution in [2.24, 2.45) is 0 Å². The molecule has 11 heavy (non-hydrogen) atoms. The molecule has 0 saturated heterocycles. The molecular formula is C9H16O2. The lowest BCUT2D eigenvalue weighted by Gasteiger charge is -1.96. The number of aliphatic hydroxyl groups is 1. The van der Waals surface area contributed by atoms with E-state index in [1.165, 1.54) is 0 Å². The quantitative estimate of drug-likeness (QED) is 0.497. The molecule has 0 heterocycles. The summed E-state index contributed by atoms with van der Waals surface area (Å²) in [6.07, 6.45) is 4.77. The Balaban J connectivity index is 3.71. The largest absolute Gasteiger partial charge is 0.502 e. The van der Waals surface area contributed by atoms with Crippen LogP contribution in [-0.2, 0) is 4.74 Å². The number of rotatable bonds is 4. The van der Waals surface area contributed by atoms with E-state index in [1.807, 2.05) is 26.0 Å². The van der Waals surface area contributed by atoms with Crippen LogP contribution in [0.3, 0.4) is 0 Å². The van der Waals surface area contributed by atoms with Crippen LogP contribution in [0.2, 0.25) is 0 Å². The van der Waals surface area contributed by atoms with Crippen molar-refractivity contribution >= 4 is 0 Å². The molecule has 0 radical (unpaired) electrons. The van der Waals surface area contributed by atoms with E-state index in [-0.39, 0.29) is 6.61 Å². The van der Waals surface area contributed by atoms with Gasteiger partial charge in [0.25, 0.3) is 0 Å². The Bertz CT molecular complexity index is 139. The van der Waals surface area contributed by atoms with Crippen LogP contribution in [0.4, 0.5) is 0 Å². The Labute approximate surface area is 68.2 Å². The Morgan fingerprint density at radius 1 is 1.36 bits per heavy atom. The second-order valence-electron chi connectivity index (χ2n) is 2.46. The second-order valence-corrected chi connectivity index (χ2v) is 2.46. The van der Waals surface area contributed by atoms with Gasteiger partial charge in [-0.3, -0.25) is 0 Å². The molecule has 1 N–H and O–H groups in total. The minimum Gasteiger partial charge on any atom is -0.502 e. The summed E-state index contributed by atoms with van der Waals surface area (Å²) in [6, 6.07) is 0. The zero-order valence-electron chi connectivity index (χ0n) is 7.42. The van der Waals surface area contributed by atoms with E-state index in [1.54, 1.807) is 7.11 Å². The summed E-state index contributed by atoms with van der Waals surface area (Å²) in [6.45, 7) is 3.94. The number of hydrogen-bond acceptors (Lipinski definition) is 2. The standard InChI is InChI=1S/C9H16O2/c1-8(7-10)5-4-6-9(2)11-3/h5-6,10H,4,7H2,1-3H3/b8-5-,9-6+. The van der Waals surface area contributed by atoms with Crippen molar-refractivity contribution in [1.29, 1.82) is 0 Å².